The Morgan fingerprint density at radius 1 is 1.33 bits per heavy atom. The third-order valence-electron chi connectivity index (χ3n) is 2.97. The van der Waals surface area contributed by atoms with Gasteiger partial charge in [0, 0.05) is 11.6 Å². The smallest absolute Gasteiger partial charge is 0.249 e. The third-order valence-corrected chi connectivity index (χ3v) is 2.97. The lowest BCUT2D eigenvalue weighted by molar-refractivity contribution is -0.111. The zero-order valence-corrected chi connectivity index (χ0v) is 12.2. The van der Waals surface area contributed by atoms with Gasteiger partial charge in [0.15, 0.2) is 0 Å². The van der Waals surface area contributed by atoms with E-state index in [4.69, 9.17) is 4.74 Å². The van der Waals surface area contributed by atoms with E-state index >= 15 is 0 Å². The summed E-state index contributed by atoms with van der Waals surface area (Å²) in [5.74, 6) is 1.28. The maximum absolute atomic E-state index is 11.9. The fourth-order valence-electron chi connectivity index (χ4n) is 1.87. The first-order chi connectivity index (χ1) is 10.2. The number of aromatic nitrogens is 2. The van der Waals surface area contributed by atoms with Crippen molar-refractivity contribution in [3.8, 4) is 5.75 Å². The molecule has 0 saturated heterocycles. The minimum absolute atomic E-state index is 0.192. The van der Waals surface area contributed by atoms with E-state index in [0.717, 1.165) is 23.3 Å². The van der Waals surface area contributed by atoms with Crippen molar-refractivity contribution in [1.82, 2.24) is 10.2 Å². The maximum Gasteiger partial charge on any atom is 0.249 e. The van der Waals surface area contributed by atoms with Gasteiger partial charge in [-0.1, -0.05) is 19.1 Å². The van der Waals surface area contributed by atoms with E-state index in [1.165, 1.54) is 6.08 Å². The van der Waals surface area contributed by atoms with Crippen LogP contribution >= 0.6 is 0 Å². The number of aryl methyl sites for hydroxylation is 1. The number of carbonyl (C=O) groups excluding carboxylic acids is 1. The molecule has 2 rings (SSSR count). The van der Waals surface area contributed by atoms with Gasteiger partial charge in [0.1, 0.15) is 11.6 Å². The van der Waals surface area contributed by atoms with Crippen molar-refractivity contribution in [2.75, 3.05) is 11.9 Å². The van der Waals surface area contributed by atoms with Gasteiger partial charge in [0.05, 0.1) is 12.8 Å². The first kappa shape index (κ1) is 14.8. The molecule has 0 aliphatic heterocycles. The Balaban J connectivity index is 1.95. The average molecular weight is 285 g/mol. The molecule has 5 nitrogen and oxygen atoms in total. The molecule has 1 heterocycles. The first-order valence-corrected chi connectivity index (χ1v) is 6.97. The van der Waals surface area contributed by atoms with Crippen molar-refractivity contribution in [3.05, 3.63) is 47.7 Å². The van der Waals surface area contributed by atoms with E-state index < -0.39 is 0 Å². The minimum atomic E-state index is -0.192. The van der Waals surface area contributed by atoms with E-state index in [0.29, 0.717) is 12.4 Å². The molecule has 2 aromatic rings. The van der Waals surface area contributed by atoms with Crippen molar-refractivity contribution < 1.29 is 9.53 Å². The lowest BCUT2D eigenvalue weighted by atomic mass is 10.2. The second kappa shape index (κ2) is 7.28. The number of nitrogens with one attached hydrogen (secondary N) is 2. The Kier molecular flexibility index (Phi) is 5.15. The molecule has 0 saturated carbocycles. The molecule has 5 heteroatoms. The number of nitrogens with zero attached hydrogens (tertiary/aromatic N) is 1. The highest BCUT2D eigenvalue weighted by molar-refractivity contribution is 6.01. The molecule has 0 aliphatic carbocycles. The lowest BCUT2D eigenvalue weighted by Crippen LogP contribution is -2.09. The van der Waals surface area contributed by atoms with E-state index in [-0.39, 0.29) is 5.91 Å². The molecular formula is C16H19N3O2. The zero-order valence-electron chi connectivity index (χ0n) is 12.2. The van der Waals surface area contributed by atoms with Crippen LogP contribution in [-0.2, 0) is 11.2 Å². The fraction of sp³-hybridized carbons (Fsp3) is 0.250. The molecule has 0 radical (unpaired) electrons. The van der Waals surface area contributed by atoms with Gasteiger partial charge in [-0.25, -0.2) is 0 Å². The van der Waals surface area contributed by atoms with Crippen LogP contribution in [0.25, 0.3) is 6.08 Å². The minimum Gasteiger partial charge on any atom is -0.494 e. The molecule has 110 valence electrons. The molecule has 0 fully saturated rings. The van der Waals surface area contributed by atoms with Gasteiger partial charge in [0.2, 0.25) is 5.91 Å². The first-order valence-electron chi connectivity index (χ1n) is 6.97. The summed E-state index contributed by atoms with van der Waals surface area (Å²) < 4.78 is 5.37. The van der Waals surface area contributed by atoms with Gasteiger partial charge in [-0.15, -0.1) is 0 Å². The van der Waals surface area contributed by atoms with Crippen LogP contribution < -0.4 is 10.1 Å². The summed E-state index contributed by atoms with van der Waals surface area (Å²) in [6.45, 7) is 4.59. The molecule has 1 aromatic heterocycles. The number of benzene rings is 1. The van der Waals surface area contributed by atoms with Crippen LogP contribution in [0, 0.1) is 0 Å². The lowest BCUT2D eigenvalue weighted by Gasteiger charge is -2.03. The van der Waals surface area contributed by atoms with Gasteiger partial charge in [0.25, 0.3) is 0 Å². The molecule has 0 spiro atoms. The summed E-state index contributed by atoms with van der Waals surface area (Å²) in [6, 6.07) is 7.57. The third kappa shape index (κ3) is 4.21. The predicted octanol–water partition coefficient (Wildman–Crippen LogP) is 3.02. The van der Waals surface area contributed by atoms with Crippen LogP contribution in [0.4, 0.5) is 5.82 Å². The van der Waals surface area contributed by atoms with E-state index in [1.807, 2.05) is 38.1 Å². The molecular weight excluding hydrogens is 266 g/mol. The van der Waals surface area contributed by atoms with Gasteiger partial charge in [-0.3, -0.25) is 9.89 Å². The van der Waals surface area contributed by atoms with Crippen molar-refractivity contribution >= 4 is 17.8 Å². The van der Waals surface area contributed by atoms with Crippen LogP contribution in [0.5, 0.6) is 5.75 Å². The van der Waals surface area contributed by atoms with Gasteiger partial charge in [-0.05, 0) is 37.1 Å². The van der Waals surface area contributed by atoms with Crippen molar-refractivity contribution in [2.45, 2.75) is 20.3 Å². The molecule has 1 aromatic carbocycles. The summed E-state index contributed by atoms with van der Waals surface area (Å²) in [5, 5.41) is 9.46. The molecule has 0 aliphatic rings. The van der Waals surface area contributed by atoms with Crippen molar-refractivity contribution in [1.29, 1.82) is 0 Å². The van der Waals surface area contributed by atoms with Crippen molar-refractivity contribution in [2.24, 2.45) is 0 Å². The van der Waals surface area contributed by atoms with E-state index in [9.17, 15) is 4.79 Å². The predicted molar refractivity (Wildman–Crippen MR) is 83.2 cm³/mol. The van der Waals surface area contributed by atoms with E-state index in [1.54, 1.807) is 12.3 Å². The van der Waals surface area contributed by atoms with Gasteiger partial charge in [-0.2, -0.15) is 5.10 Å². The van der Waals surface area contributed by atoms with Crippen LogP contribution in [0.3, 0.4) is 0 Å². The second-order valence-electron chi connectivity index (χ2n) is 4.45. The van der Waals surface area contributed by atoms with Crippen LogP contribution in [0.2, 0.25) is 0 Å². The Morgan fingerprint density at radius 3 is 2.76 bits per heavy atom. The van der Waals surface area contributed by atoms with Crippen LogP contribution in [0.15, 0.2) is 36.5 Å². The Hall–Kier alpha value is -2.56. The largest absolute Gasteiger partial charge is 0.494 e. The van der Waals surface area contributed by atoms with Gasteiger partial charge >= 0.3 is 0 Å². The summed E-state index contributed by atoms with van der Waals surface area (Å²) in [6.07, 6.45) is 5.78. The number of hydrogen-bond donors (Lipinski definition) is 2. The van der Waals surface area contributed by atoms with Gasteiger partial charge < -0.3 is 10.1 Å². The molecule has 2 N–H and O–H groups in total. The number of anilines is 1. The highest BCUT2D eigenvalue weighted by atomic mass is 16.5. The molecule has 0 atom stereocenters. The molecule has 21 heavy (non-hydrogen) atoms. The second-order valence-corrected chi connectivity index (χ2v) is 4.45. The van der Waals surface area contributed by atoms with Crippen LogP contribution in [-0.4, -0.2) is 22.7 Å². The summed E-state index contributed by atoms with van der Waals surface area (Å²) in [4.78, 5) is 11.9. The monoisotopic (exact) mass is 285 g/mol. The standard InChI is InChI=1S/C16H19N3O2/c1-3-13-11-17-19-16(13)18-15(20)10-7-12-5-8-14(9-6-12)21-4-2/h5-11H,3-4H2,1-2H3,(H2,17,18,19,20)/b10-7+. The number of aromatic amines is 1. The number of hydrogen-bond acceptors (Lipinski definition) is 3. The molecule has 1 amide bonds. The topological polar surface area (TPSA) is 67.0 Å². The highest BCUT2D eigenvalue weighted by Crippen LogP contribution is 2.14. The summed E-state index contributed by atoms with van der Waals surface area (Å²) >= 11 is 0. The maximum atomic E-state index is 11.9. The number of carbonyl (C=O) groups is 1. The number of amides is 1. The molecule has 0 unspecified atom stereocenters. The number of ether oxygens (including phenoxy) is 1. The van der Waals surface area contributed by atoms with Crippen molar-refractivity contribution in [3.63, 3.8) is 0 Å². The fourth-order valence-corrected chi connectivity index (χ4v) is 1.87. The average Bonchev–Trinajstić information content (AvgIpc) is 2.94. The number of rotatable bonds is 6. The normalized spacial score (nSPS) is 10.8. The Labute approximate surface area is 124 Å². The number of H-pyrrole nitrogens is 1. The van der Waals surface area contributed by atoms with Crippen LogP contribution in [0.1, 0.15) is 25.0 Å². The summed E-state index contributed by atoms with van der Waals surface area (Å²) in [5.41, 5.74) is 1.92. The molecule has 0 bridgehead atoms. The zero-order chi connectivity index (χ0) is 15.1. The highest BCUT2D eigenvalue weighted by Gasteiger charge is 2.04. The Morgan fingerprint density at radius 2 is 2.10 bits per heavy atom. The Bertz CT molecular complexity index is 615. The summed E-state index contributed by atoms with van der Waals surface area (Å²) in [7, 11) is 0. The SMILES string of the molecule is CCOc1ccc(/C=C/C(=O)Nc2[nH]ncc2CC)cc1. The van der Waals surface area contributed by atoms with E-state index in [2.05, 4.69) is 15.5 Å². The quantitative estimate of drug-likeness (QED) is 0.802.